The topological polar surface area (TPSA) is 43.1 Å². The molecule has 0 heterocycles. The minimum absolute atomic E-state index is 0.122. The van der Waals surface area contributed by atoms with Gasteiger partial charge in [0.05, 0.1) is 0 Å². The van der Waals surface area contributed by atoms with E-state index in [4.69, 9.17) is 28.9 Å². The summed E-state index contributed by atoms with van der Waals surface area (Å²) in [6, 6.07) is 0. The van der Waals surface area contributed by atoms with Gasteiger partial charge in [0.25, 0.3) is 0 Å². The lowest BCUT2D eigenvalue weighted by Gasteiger charge is -1.85. The monoisotopic (exact) mass is 211 g/mol. The van der Waals surface area contributed by atoms with Crippen LogP contribution in [-0.2, 0) is 4.79 Å². The maximum atomic E-state index is 10.1. The van der Waals surface area contributed by atoms with Crippen molar-refractivity contribution in [2.75, 3.05) is 5.88 Å². The van der Waals surface area contributed by atoms with Gasteiger partial charge >= 0.3 is 0 Å². The number of halogens is 2. The van der Waals surface area contributed by atoms with Gasteiger partial charge in [0, 0.05) is 16.8 Å². The summed E-state index contributed by atoms with van der Waals surface area (Å²) in [5, 5.41) is 0.122. The van der Waals surface area contributed by atoms with Crippen LogP contribution in [-0.4, -0.2) is 17.2 Å². The first-order valence-electron chi connectivity index (χ1n) is 3.58. The van der Waals surface area contributed by atoms with Gasteiger partial charge in [-0.05, 0) is 20.8 Å². The van der Waals surface area contributed by atoms with Crippen LogP contribution in [0.25, 0.3) is 0 Å². The number of alkyl halides is 2. The highest BCUT2D eigenvalue weighted by Crippen LogP contribution is 1.93. The van der Waals surface area contributed by atoms with Gasteiger partial charge in [0.15, 0.2) is 0 Å². The molecule has 0 aliphatic carbocycles. The molecule has 0 fully saturated rings. The Hall–Kier alpha value is -0.210. The Morgan fingerprint density at radius 1 is 1.67 bits per heavy atom. The van der Waals surface area contributed by atoms with Gasteiger partial charge in [-0.25, -0.2) is 0 Å². The molecule has 0 aromatic heterocycles. The SMILES string of the molecule is CC(Cl)CCl.CC=C(C)C(N)=O. The molecule has 0 rings (SSSR count). The fourth-order valence-corrected chi connectivity index (χ4v) is 0.142. The van der Waals surface area contributed by atoms with Gasteiger partial charge in [-0.2, -0.15) is 0 Å². The van der Waals surface area contributed by atoms with E-state index in [9.17, 15) is 4.79 Å². The number of carbonyl (C=O) groups excluding carboxylic acids is 1. The Kier molecular flexibility index (Phi) is 10.6. The van der Waals surface area contributed by atoms with E-state index in [1.54, 1.807) is 19.9 Å². The third-order valence-electron chi connectivity index (χ3n) is 1.03. The van der Waals surface area contributed by atoms with Crippen molar-refractivity contribution >= 4 is 29.1 Å². The number of allylic oxidation sites excluding steroid dienone is 1. The van der Waals surface area contributed by atoms with Gasteiger partial charge in [0.1, 0.15) is 0 Å². The highest BCUT2D eigenvalue weighted by Gasteiger charge is 1.90. The molecule has 0 spiro atoms. The third-order valence-corrected chi connectivity index (χ3v) is 1.81. The molecule has 2 N–H and O–H groups in total. The van der Waals surface area contributed by atoms with Crippen molar-refractivity contribution in [1.29, 1.82) is 0 Å². The molecule has 0 aliphatic rings. The van der Waals surface area contributed by atoms with Crippen LogP contribution in [0.15, 0.2) is 11.6 Å². The molecule has 1 unspecified atom stereocenters. The van der Waals surface area contributed by atoms with E-state index in [1.807, 2.05) is 6.92 Å². The number of primary amides is 1. The fraction of sp³-hybridized carbons (Fsp3) is 0.625. The predicted molar refractivity (Wildman–Crippen MR) is 54.7 cm³/mol. The number of hydrogen-bond acceptors (Lipinski definition) is 1. The zero-order valence-corrected chi connectivity index (χ0v) is 9.12. The molecule has 0 aromatic rings. The van der Waals surface area contributed by atoms with E-state index in [-0.39, 0.29) is 11.3 Å². The molecule has 12 heavy (non-hydrogen) atoms. The number of nitrogens with two attached hydrogens (primary N) is 1. The lowest BCUT2D eigenvalue weighted by atomic mass is 10.3. The molecule has 0 aliphatic heterocycles. The zero-order valence-electron chi connectivity index (χ0n) is 7.60. The maximum Gasteiger partial charge on any atom is 0.243 e. The highest BCUT2D eigenvalue weighted by molar-refractivity contribution is 6.27. The summed E-state index contributed by atoms with van der Waals surface area (Å²) in [5.74, 6) is 0.198. The van der Waals surface area contributed by atoms with Crippen molar-refractivity contribution in [2.24, 2.45) is 5.73 Å². The molecule has 4 heteroatoms. The van der Waals surface area contributed by atoms with E-state index >= 15 is 0 Å². The minimum atomic E-state index is -0.345. The van der Waals surface area contributed by atoms with Crippen molar-refractivity contribution in [3.8, 4) is 0 Å². The normalized spacial score (nSPS) is 12.9. The lowest BCUT2D eigenvalue weighted by Crippen LogP contribution is -2.10. The molecule has 72 valence electrons. The average molecular weight is 212 g/mol. The molecule has 0 saturated carbocycles. The molecule has 1 amide bonds. The quantitative estimate of drug-likeness (QED) is 0.553. The minimum Gasteiger partial charge on any atom is -0.366 e. The van der Waals surface area contributed by atoms with E-state index < -0.39 is 0 Å². The highest BCUT2D eigenvalue weighted by atomic mass is 35.5. The van der Waals surface area contributed by atoms with Crippen molar-refractivity contribution in [2.45, 2.75) is 26.1 Å². The number of carbonyl (C=O) groups is 1. The summed E-state index contributed by atoms with van der Waals surface area (Å²) in [6.07, 6.45) is 1.68. The molecule has 1 atom stereocenters. The summed E-state index contributed by atoms with van der Waals surface area (Å²) < 4.78 is 0. The van der Waals surface area contributed by atoms with E-state index in [0.717, 1.165) is 0 Å². The number of hydrogen-bond donors (Lipinski definition) is 1. The van der Waals surface area contributed by atoms with Crippen molar-refractivity contribution < 1.29 is 4.79 Å². The van der Waals surface area contributed by atoms with E-state index in [2.05, 4.69) is 0 Å². The Labute approximate surface area is 83.7 Å². The average Bonchev–Trinajstić information content (AvgIpc) is 2.04. The van der Waals surface area contributed by atoms with Crippen LogP contribution in [0.3, 0.4) is 0 Å². The molecule has 0 radical (unpaired) electrons. The van der Waals surface area contributed by atoms with Crippen LogP contribution < -0.4 is 5.73 Å². The summed E-state index contributed by atoms with van der Waals surface area (Å²) in [6.45, 7) is 5.32. The number of amides is 1. The van der Waals surface area contributed by atoms with Gasteiger partial charge in [0.2, 0.25) is 5.91 Å². The summed E-state index contributed by atoms with van der Waals surface area (Å²) in [5.41, 5.74) is 5.45. The molecule has 0 bridgehead atoms. The van der Waals surface area contributed by atoms with Crippen LogP contribution in [0.4, 0.5) is 0 Å². The van der Waals surface area contributed by atoms with E-state index in [0.29, 0.717) is 11.5 Å². The van der Waals surface area contributed by atoms with Crippen LogP contribution in [0, 0.1) is 0 Å². The Morgan fingerprint density at radius 2 is 2.00 bits per heavy atom. The number of rotatable bonds is 2. The van der Waals surface area contributed by atoms with Crippen LogP contribution in [0.1, 0.15) is 20.8 Å². The van der Waals surface area contributed by atoms with Gasteiger partial charge in [-0.3, -0.25) is 4.79 Å². The second-order valence-corrected chi connectivity index (χ2v) is 3.32. The second kappa shape index (κ2) is 8.88. The Morgan fingerprint density at radius 3 is 2.00 bits per heavy atom. The van der Waals surface area contributed by atoms with Crippen molar-refractivity contribution in [3.63, 3.8) is 0 Å². The third kappa shape index (κ3) is 12.5. The van der Waals surface area contributed by atoms with Gasteiger partial charge in [-0.15, -0.1) is 23.2 Å². The first-order chi connectivity index (χ1) is 5.45. The van der Waals surface area contributed by atoms with Crippen LogP contribution in [0.2, 0.25) is 0 Å². The Balaban J connectivity index is 0. The van der Waals surface area contributed by atoms with Gasteiger partial charge < -0.3 is 5.73 Å². The van der Waals surface area contributed by atoms with Crippen molar-refractivity contribution in [1.82, 2.24) is 0 Å². The summed E-state index contributed by atoms with van der Waals surface area (Å²) >= 11 is 10.5. The molecular weight excluding hydrogens is 197 g/mol. The summed E-state index contributed by atoms with van der Waals surface area (Å²) in [7, 11) is 0. The second-order valence-electron chi connectivity index (χ2n) is 2.27. The molecule has 0 saturated heterocycles. The predicted octanol–water partition coefficient (Wildman–Crippen LogP) is 2.29. The smallest absolute Gasteiger partial charge is 0.243 e. The molecule has 0 aromatic carbocycles. The van der Waals surface area contributed by atoms with Crippen LogP contribution in [0.5, 0.6) is 0 Å². The van der Waals surface area contributed by atoms with Crippen molar-refractivity contribution in [3.05, 3.63) is 11.6 Å². The summed E-state index contributed by atoms with van der Waals surface area (Å²) in [4.78, 5) is 10.1. The standard InChI is InChI=1S/C5H9NO.C3H6Cl2/c1-3-4(2)5(6)7;1-3(5)2-4/h3H,1-2H3,(H2,6,7);3H,2H2,1H3. The first-order valence-corrected chi connectivity index (χ1v) is 4.55. The van der Waals surface area contributed by atoms with Crippen LogP contribution >= 0.6 is 23.2 Å². The lowest BCUT2D eigenvalue weighted by molar-refractivity contribution is -0.114. The molecular formula is C8H15Cl2NO. The Bertz CT molecular complexity index is 155. The van der Waals surface area contributed by atoms with Gasteiger partial charge in [-0.1, -0.05) is 6.08 Å². The largest absolute Gasteiger partial charge is 0.366 e. The first kappa shape index (κ1) is 14.3. The zero-order chi connectivity index (χ0) is 10.1. The fourth-order valence-electron chi connectivity index (χ4n) is 0.142. The molecule has 2 nitrogen and oxygen atoms in total. The maximum absolute atomic E-state index is 10.1. The van der Waals surface area contributed by atoms with E-state index in [1.165, 1.54) is 0 Å².